The minimum absolute atomic E-state index is 0.180. The second kappa shape index (κ2) is 3.25. The van der Waals surface area contributed by atoms with E-state index in [4.69, 9.17) is 0 Å². The van der Waals surface area contributed by atoms with Gasteiger partial charge in [0.2, 0.25) is 0 Å². The lowest BCUT2D eigenvalue weighted by molar-refractivity contribution is 0.609. The van der Waals surface area contributed by atoms with Crippen molar-refractivity contribution in [2.75, 3.05) is 0 Å². The second-order valence-corrected chi connectivity index (χ2v) is 1.88. The van der Waals surface area contributed by atoms with Crippen LogP contribution in [0.5, 0.6) is 0 Å². The Balaban J connectivity index is 2.97. The molecule has 0 radical (unpaired) electrons. The summed E-state index contributed by atoms with van der Waals surface area (Å²) in [5, 5.41) is 0. The Morgan fingerprint density at radius 1 is 1.22 bits per heavy atom. The van der Waals surface area contributed by atoms with E-state index in [1.54, 1.807) is 12.1 Å². The highest BCUT2D eigenvalue weighted by Crippen LogP contribution is 2.07. The lowest BCUT2D eigenvalue weighted by Gasteiger charge is -1.89. The monoisotopic (exact) mass is 140 g/mol. The predicted molar refractivity (Wildman–Crippen MR) is 38.0 cm³/mol. The van der Waals surface area contributed by atoms with Gasteiger partial charge in [-0.15, -0.1) is 0 Å². The second-order valence-electron chi connectivity index (χ2n) is 1.52. The maximum absolute atomic E-state index is 9.90. The topological polar surface area (TPSA) is 29.4 Å². The largest absolute Gasteiger partial charge is 0.447 e. The van der Waals surface area contributed by atoms with E-state index in [0.717, 1.165) is 5.69 Å². The van der Waals surface area contributed by atoms with Crippen molar-refractivity contribution >= 4 is 17.2 Å². The maximum Gasteiger partial charge on any atom is 0.0364 e. The fourth-order valence-corrected chi connectivity index (χ4v) is 0.769. The molecule has 2 nitrogen and oxygen atoms in total. The summed E-state index contributed by atoms with van der Waals surface area (Å²) in [5.74, 6) is 0. The molecule has 1 aromatic rings. The van der Waals surface area contributed by atoms with Crippen LogP contribution in [0.4, 0.5) is 5.69 Å². The third-order valence-electron chi connectivity index (χ3n) is 0.912. The first kappa shape index (κ1) is 6.29. The molecule has 0 amide bonds. The molecule has 0 atom stereocenters. The Hall–Kier alpha value is -0.830. The van der Waals surface area contributed by atoms with Crippen molar-refractivity contribution in [1.29, 1.82) is 0 Å². The Morgan fingerprint density at radius 2 is 1.89 bits per heavy atom. The lowest BCUT2D eigenvalue weighted by atomic mass is 10.3. The summed E-state index contributed by atoms with van der Waals surface area (Å²) in [7, 11) is 0. The van der Waals surface area contributed by atoms with Gasteiger partial charge in [0.25, 0.3) is 0 Å². The minimum Gasteiger partial charge on any atom is -0.447 e. The Labute approximate surface area is 56.8 Å². The zero-order valence-corrected chi connectivity index (χ0v) is 5.58. The zero-order valence-electron chi connectivity index (χ0n) is 4.69. The average Bonchev–Trinajstić information content (AvgIpc) is 1.91. The van der Waals surface area contributed by atoms with Crippen LogP contribution in [0, 0.1) is 0 Å². The third kappa shape index (κ3) is 1.85. The zero-order chi connectivity index (χ0) is 6.53. The van der Waals surface area contributed by atoms with Crippen LogP contribution >= 0.6 is 0 Å². The molecule has 0 spiro atoms. The highest BCUT2D eigenvalue weighted by Gasteiger charge is 1.75. The van der Waals surface area contributed by atoms with Gasteiger partial charge in [0.1, 0.15) is 0 Å². The van der Waals surface area contributed by atoms with Gasteiger partial charge in [0, 0.05) is 5.69 Å². The van der Waals surface area contributed by atoms with Gasteiger partial charge in [-0.1, -0.05) is 18.2 Å². The van der Waals surface area contributed by atoms with E-state index >= 15 is 0 Å². The normalized spacial score (nSPS) is 8.89. The van der Waals surface area contributed by atoms with E-state index in [0.29, 0.717) is 0 Å². The van der Waals surface area contributed by atoms with Crippen LogP contribution in [0.15, 0.2) is 34.7 Å². The van der Waals surface area contributed by atoms with Crippen LogP contribution in [-0.2, 0) is 15.7 Å². The minimum atomic E-state index is -0.180. The Kier molecular flexibility index (Phi) is 2.27. The molecule has 1 rings (SSSR count). The molecule has 0 bridgehead atoms. The fourth-order valence-electron chi connectivity index (χ4n) is 0.542. The molecule has 0 saturated heterocycles. The summed E-state index contributed by atoms with van der Waals surface area (Å²) >= 11 is -0.180. The van der Waals surface area contributed by atoms with Crippen LogP contribution in [0.2, 0.25) is 0 Å². The molecule has 48 valence electrons. The van der Waals surface area contributed by atoms with Gasteiger partial charge in [-0.25, -0.2) is 0 Å². The van der Waals surface area contributed by atoms with Crippen molar-refractivity contribution in [3.8, 4) is 0 Å². The van der Waals surface area contributed by atoms with Crippen LogP contribution in [-0.4, -0.2) is 0 Å². The smallest absolute Gasteiger partial charge is 0.0364 e. The number of benzene rings is 1. The number of hydrogen-bond donors (Lipinski definition) is 0. The van der Waals surface area contributed by atoms with Gasteiger partial charge in [-0.2, -0.15) is 11.5 Å². The molecule has 3 heteroatoms. The van der Waals surface area contributed by atoms with Crippen LogP contribution < -0.4 is 0 Å². The number of nitrogens with zero attached hydrogens (tertiary/aromatic N) is 1. The molecule has 0 aliphatic rings. The van der Waals surface area contributed by atoms with Crippen LogP contribution in [0.3, 0.4) is 0 Å². The van der Waals surface area contributed by atoms with E-state index in [-0.39, 0.29) is 11.5 Å². The molecule has 0 aliphatic carbocycles. The predicted octanol–water partition coefficient (Wildman–Crippen LogP) is 1.66. The van der Waals surface area contributed by atoms with Gasteiger partial charge in [0.05, 0.1) is 0 Å². The Morgan fingerprint density at radius 3 is 2.44 bits per heavy atom. The summed E-state index contributed by atoms with van der Waals surface area (Å²) in [6, 6.07) is 9.19. The molecule has 0 aromatic heterocycles. The summed E-state index contributed by atoms with van der Waals surface area (Å²) in [6.45, 7) is 0. The van der Waals surface area contributed by atoms with Crippen molar-refractivity contribution in [3.63, 3.8) is 0 Å². The quantitative estimate of drug-likeness (QED) is 0.431. The number of para-hydroxylation sites is 1. The maximum atomic E-state index is 9.90. The average molecular weight is 140 g/mol. The molecule has 1 aromatic carbocycles. The van der Waals surface area contributed by atoms with Crippen molar-refractivity contribution in [3.05, 3.63) is 30.3 Å². The first-order valence-electron chi connectivity index (χ1n) is 2.52. The first-order valence-corrected chi connectivity index (χ1v) is 3.28. The van der Waals surface area contributed by atoms with Gasteiger partial charge < -0.3 is 8.57 Å². The molecule has 0 heterocycles. The molecule has 0 N–H and O–H groups in total. The van der Waals surface area contributed by atoms with E-state index in [1.165, 1.54) is 0 Å². The standard InChI is InChI=1S/C6H6NOS/c8-9-7-6-4-2-1-3-5-6/h1-5,9H/q-1. The molecular weight excluding hydrogens is 134 g/mol. The number of thiol groups is 1. The first-order chi connectivity index (χ1) is 4.43. The van der Waals surface area contributed by atoms with Crippen molar-refractivity contribution < 1.29 is 4.21 Å². The Bertz CT molecular complexity index is 228. The molecule has 0 fully saturated rings. The van der Waals surface area contributed by atoms with Gasteiger partial charge in [-0.05, 0) is 12.1 Å². The molecule has 0 unspecified atom stereocenters. The number of rotatable bonds is 1. The highest BCUT2D eigenvalue weighted by molar-refractivity contribution is 7.54. The van der Waals surface area contributed by atoms with Crippen molar-refractivity contribution in [2.45, 2.75) is 0 Å². The van der Waals surface area contributed by atoms with Crippen LogP contribution in [0.1, 0.15) is 0 Å². The summed E-state index contributed by atoms with van der Waals surface area (Å²) < 4.78 is 13.5. The van der Waals surface area contributed by atoms with E-state index < -0.39 is 0 Å². The van der Waals surface area contributed by atoms with Crippen molar-refractivity contribution in [1.82, 2.24) is 0 Å². The lowest BCUT2D eigenvalue weighted by Crippen LogP contribution is -1.57. The molecule has 9 heavy (non-hydrogen) atoms. The third-order valence-corrected chi connectivity index (χ3v) is 1.23. The van der Waals surface area contributed by atoms with Crippen LogP contribution in [0.25, 0.3) is 0 Å². The fraction of sp³-hybridized carbons (Fsp3) is 0. The molecule has 0 saturated carbocycles. The van der Waals surface area contributed by atoms with Crippen molar-refractivity contribution in [2.24, 2.45) is 4.36 Å². The summed E-state index contributed by atoms with van der Waals surface area (Å²) in [6.07, 6.45) is 0. The van der Waals surface area contributed by atoms with E-state index in [1.807, 2.05) is 18.2 Å². The van der Waals surface area contributed by atoms with Gasteiger partial charge >= 0.3 is 0 Å². The van der Waals surface area contributed by atoms with Gasteiger partial charge in [-0.3, -0.25) is 0 Å². The summed E-state index contributed by atoms with van der Waals surface area (Å²) in [4.78, 5) is 0. The SMILES string of the molecule is O=[SH-]=Nc1ccccc1. The molecule has 0 aliphatic heterocycles. The number of hydrogen-bond acceptors (Lipinski definition) is 3. The van der Waals surface area contributed by atoms with E-state index in [2.05, 4.69) is 4.36 Å². The van der Waals surface area contributed by atoms with E-state index in [9.17, 15) is 4.21 Å². The highest BCUT2D eigenvalue weighted by atomic mass is 32.1. The molecular formula is C6H6NOS-. The van der Waals surface area contributed by atoms with Gasteiger partial charge in [0.15, 0.2) is 0 Å². The summed E-state index contributed by atoms with van der Waals surface area (Å²) in [5.41, 5.74) is 0.745.